The van der Waals surface area contributed by atoms with Crippen molar-refractivity contribution in [3.63, 3.8) is 0 Å². The summed E-state index contributed by atoms with van der Waals surface area (Å²) in [7, 11) is 0. The topological polar surface area (TPSA) is 57.5 Å². The molecule has 0 radical (unpaired) electrons. The van der Waals surface area contributed by atoms with Crippen molar-refractivity contribution in [2.45, 2.75) is 12.5 Å². The minimum absolute atomic E-state index is 0.309. The van der Waals surface area contributed by atoms with E-state index >= 15 is 0 Å². The molecule has 15 heavy (non-hydrogen) atoms. The Bertz CT molecular complexity index is 332. The lowest BCUT2D eigenvalue weighted by Crippen LogP contribution is -2.28. The first-order chi connectivity index (χ1) is 7.15. The number of benzene rings is 1. The van der Waals surface area contributed by atoms with E-state index in [1.807, 2.05) is 30.3 Å². The van der Waals surface area contributed by atoms with Crippen molar-refractivity contribution in [3.8, 4) is 0 Å². The Morgan fingerprint density at radius 2 is 2.00 bits per heavy atom. The summed E-state index contributed by atoms with van der Waals surface area (Å²) in [5.41, 5.74) is 0.894. The molecule has 80 valence electrons. The van der Waals surface area contributed by atoms with Gasteiger partial charge in [-0.3, -0.25) is 4.79 Å². The van der Waals surface area contributed by atoms with Gasteiger partial charge in [-0.05, 0) is 12.0 Å². The Hall–Kier alpha value is -1.61. The molecule has 0 aliphatic heterocycles. The monoisotopic (exact) mass is 206 g/mol. The van der Waals surface area contributed by atoms with E-state index in [0.717, 1.165) is 5.56 Å². The molecule has 0 aromatic heterocycles. The van der Waals surface area contributed by atoms with Gasteiger partial charge in [0.05, 0.1) is 12.0 Å². The van der Waals surface area contributed by atoms with Crippen LogP contribution in [0.5, 0.6) is 0 Å². The molecule has 2 N–H and O–H groups in total. The van der Waals surface area contributed by atoms with Crippen LogP contribution < -0.4 is 0 Å². The van der Waals surface area contributed by atoms with E-state index in [2.05, 4.69) is 6.58 Å². The summed E-state index contributed by atoms with van der Waals surface area (Å²) in [5, 5.41) is 18.4. The van der Waals surface area contributed by atoms with Crippen LogP contribution in [-0.2, 0) is 11.2 Å². The zero-order valence-electron chi connectivity index (χ0n) is 8.34. The molecular formula is C12H14O3. The van der Waals surface area contributed by atoms with Gasteiger partial charge >= 0.3 is 5.97 Å². The van der Waals surface area contributed by atoms with Crippen molar-refractivity contribution in [1.29, 1.82) is 0 Å². The molecule has 0 aliphatic rings. The van der Waals surface area contributed by atoms with Gasteiger partial charge in [-0.15, -0.1) is 6.58 Å². The number of rotatable bonds is 5. The van der Waals surface area contributed by atoms with Gasteiger partial charge in [-0.25, -0.2) is 0 Å². The minimum atomic E-state index is -1.01. The van der Waals surface area contributed by atoms with Crippen LogP contribution in [0.4, 0.5) is 0 Å². The van der Waals surface area contributed by atoms with Crippen LogP contribution in [0.25, 0.3) is 0 Å². The third-order valence-electron chi connectivity index (χ3n) is 2.27. The summed E-state index contributed by atoms with van der Waals surface area (Å²) in [6, 6.07) is 9.23. The lowest BCUT2D eigenvalue weighted by molar-refractivity contribution is -0.144. The van der Waals surface area contributed by atoms with E-state index in [1.54, 1.807) is 0 Å². The Balaban J connectivity index is 2.76. The maximum Gasteiger partial charge on any atom is 0.309 e. The summed E-state index contributed by atoms with van der Waals surface area (Å²) < 4.78 is 0. The first kappa shape index (κ1) is 11.5. The van der Waals surface area contributed by atoms with Gasteiger partial charge in [0, 0.05) is 0 Å². The van der Waals surface area contributed by atoms with Crippen LogP contribution in [0.15, 0.2) is 43.0 Å². The average Bonchev–Trinajstić information content (AvgIpc) is 2.26. The number of carboxylic acid groups (broad SMARTS) is 1. The lowest BCUT2D eigenvalue weighted by Gasteiger charge is -2.15. The average molecular weight is 206 g/mol. The largest absolute Gasteiger partial charge is 0.481 e. The van der Waals surface area contributed by atoms with E-state index < -0.39 is 18.0 Å². The predicted molar refractivity (Wildman–Crippen MR) is 57.5 cm³/mol. The third-order valence-corrected chi connectivity index (χ3v) is 2.27. The maximum atomic E-state index is 10.9. The molecule has 0 unspecified atom stereocenters. The predicted octanol–water partition coefficient (Wildman–Crippen LogP) is 1.48. The molecule has 1 aromatic rings. The normalized spacial score (nSPS) is 14.2. The number of carboxylic acids is 1. The minimum Gasteiger partial charge on any atom is -0.481 e. The van der Waals surface area contributed by atoms with Gasteiger partial charge in [0.25, 0.3) is 0 Å². The number of carbonyl (C=O) groups is 1. The zero-order chi connectivity index (χ0) is 11.3. The van der Waals surface area contributed by atoms with E-state index in [1.165, 1.54) is 6.08 Å². The lowest BCUT2D eigenvalue weighted by atomic mass is 9.94. The Labute approximate surface area is 88.7 Å². The first-order valence-corrected chi connectivity index (χ1v) is 4.72. The van der Waals surface area contributed by atoms with Crippen molar-refractivity contribution >= 4 is 5.97 Å². The molecule has 0 saturated heterocycles. The SMILES string of the molecule is C=C[C@H](O)[C@H](Cc1ccccc1)C(=O)O. The van der Waals surface area contributed by atoms with Gasteiger partial charge in [-0.1, -0.05) is 36.4 Å². The highest BCUT2D eigenvalue weighted by molar-refractivity contribution is 5.71. The van der Waals surface area contributed by atoms with E-state index in [9.17, 15) is 9.90 Å². The van der Waals surface area contributed by atoms with E-state index in [-0.39, 0.29) is 0 Å². The number of hydrogen-bond donors (Lipinski definition) is 2. The highest BCUT2D eigenvalue weighted by atomic mass is 16.4. The fourth-order valence-electron chi connectivity index (χ4n) is 1.39. The second-order valence-electron chi connectivity index (χ2n) is 3.36. The Morgan fingerprint density at radius 1 is 1.40 bits per heavy atom. The van der Waals surface area contributed by atoms with Crippen LogP contribution in [0.1, 0.15) is 5.56 Å². The second kappa shape index (κ2) is 5.32. The van der Waals surface area contributed by atoms with Gasteiger partial charge in [0.15, 0.2) is 0 Å². The number of hydrogen-bond acceptors (Lipinski definition) is 2. The van der Waals surface area contributed by atoms with Crippen LogP contribution in [0.3, 0.4) is 0 Å². The molecule has 3 heteroatoms. The van der Waals surface area contributed by atoms with Crippen LogP contribution >= 0.6 is 0 Å². The van der Waals surface area contributed by atoms with Crippen molar-refractivity contribution in [1.82, 2.24) is 0 Å². The number of aliphatic hydroxyl groups excluding tert-OH is 1. The van der Waals surface area contributed by atoms with Crippen molar-refractivity contribution in [2.24, 2.45) is 5.92 Å². The summed E-state index contributed by atoms with van der Waals surface area (Å²) >= 11 is 0. The molecule has 3 nitrogen and oxygen atoms in total. The molecule has 2 atom stereocenters. The quantitative estimate of drug-likeness (QED) is 0.717. The Kier molecular flexibility index (Phi) is 4.06. The molecule has 0 spiro atoms. The number of aliphatic carboxylic acids is 1. The molecule has 1 rings (SSSR count). The smallest absolute Gasteiger partial charge is 0.309 e. The van der Waals surface area contributed by atoms with Crippen LogP contribution in [0.2, 0.25) is 0 Å². The fourth-order valence-corrected chi connectivity index (χ4v) is 1.39. The molecule has 0 saturated carbocycles. The number of aliphatic hydroxyl groups is 1. The Morgan fingerprint density at radius 3 is 2.47 bits per heavy atom. The maximum absolute atomic E-state index is 10.9. The second-order valence-corrected chi connectivity index (χ2v) is 3.36. The highest BCUT2D eigenvalue weighted by Crippen LogP contribution is 2.13. The van der Waals surface area contributed by atoms with Gasteiger partial charge < -0.3 is 10.2 Å². The standard InChI is InChI=1S/C12H14O3/c1-2-11(13)10(12(14)15)8-9-6-4-3-5-7-9/h2-7,10-11,13H,1,8H2,(H,14,15)/t10-,11-/m0/s1. The molecule has 0 heterocycles. The summed E-state index contributed by atoms with van der Waals surface area (Å²) in [5.74, 6) is -1.84. The molecule has 0 bridgehead atoms. The van der Waals surface area contributed by atoms with Crippen LogP contribution in [0, 0.1) is 5.92 Å². The van der Waals surface area contributed by atoms with Gasteiger partial charge in [0.2, 0.25) is 0 Å². The van der Waals surface area contributed by atoms with Crippen molar-refractivity contribution in [2.75, 3.05) is 0 Å². The zero-order valence-corrected chi connectivity index (χ0v) is 8.34. The summed E-state index contributed by atoms with van der Waals surface area (Å²) in [4.78, 5) is 10.9. The van der Waals surface area contributed by atoms with Crippen LogP contribution in [-0.4, -0.2) is 22.3 Å². The molecule has 0 fully saturated rings. The molecule has 0 aliphatic carbocycles. The molecule has 1 aromatic carbocycles. The van der Waals surface area contributed by atoms with E-state index in [0.29, 0.717) is 6.42 Å². The fraction of sp³-hybridized carbons (Fsp3) is 0.250. The summed E-state index contributed by atoms with van der Waals surface area (Å²) in [6.07, 6.45) is 0.549. The highest BCUT2D eigenvalue weighted by Gasteiger charge is 2.24. The third kappa shape index (κ3) is 3.22. The van der Waals surface area contributed by atoms with Crippen molar-refractivity contribution in [3.05, 3.63) is 48.6 Å². The van der Waals surface area contributed by atoms with Gasteiger partial charge in [-0.2, -0.15) is 0 Å². The molecular weight excluding hydrogens is 192 g/mol. The summed E-state index contributed by atoms with van der Waals surface area (Å²) in [6.45, 7) is 3.39. The van der Waals surface area contributed by atoms with E-state index in [4.69, 9.17) is 5.11 Å². The first-order valence-electron chi connectivity index (χ1n) is 4.72. The van der Waals surface area contributed by atoms with Crippen molar-refractivity contribution < 1.29 is 15.0 Å². The van der Waals surface area contributed by atoms with Gasteiger partial charge in [0.1, 0.15) is 0 Å². The molecule has 0 amide bonds.